The number of carbonyl (C=O) groups is 3. The van der Waals surface area contributed by atoms with Gasteiger partial charge in [0.1, 0.15) is 11.8 Å². The summed E-state index contributed by atoms with van der Waals surface area (Å²) in [6.07, 6.45) is 0.733. The standard InChI is InChI=1S/C25H31N3O5/c1-4-17(2)22(25(31)28-13-15-33-16-14-28)27-24(30)20-7-5-6-8-21(20)26-23(29)18-9-11-19(32-3)12-10-18/h5-12,17,22H,4,13-16H2,1-3H3,(H,26,29)(H,27,30)/t17-,22-/m1/s1. The number of morpholine rings is 1. The van der Waals surface area contributed by atoms with Crippen LogP contribution >= 0.6 is 0 Å². The number of methoxy groups -OCH3 is 1. The predicted molar refractivity (Wildman–Crippen MR) is 125 cm³/mol. The zero-order chi connectivity index (χ0) is 23.8. The second-order valence-corrected chi connectivity index (χ2v) is 8.00. The number of hydrogen-bond acceptors (Lipinski definition) is 5. The van der Waals surface area contributed by atoms with E-state index in [9.17, 15) is 14.4 Å². The molecule has 2 aromatic rings. The molecule has 3 amide bonds. The normalized spacial score (nSPS) is 15.3. The Labute approximate surface area is 194 Å². The molecule has 8 heteroatoms. The fraction of sp³-hybridized carbons (Fsp3) is 0.400. The average Bonchev–Trinajstić information content (AvgIpc) is 2.87. The molecule has 1 fully saturated rings. The van der Waals surface area contributed by atoms with Crippen molar-refractivity contribution in [1.29, 1.82) is 0 Å². The van der Waals surface area contributed by atoms with E-state index in [4.69, 9.17) is 9.47 Å². The number of amides is 3. The molecule has 1 saturated heterocycles. The van der Waals surface area contributed by atoms with Crippen molar-refractivity contribution >= 4 is 23.4 Å². The first-order valence-electron chi connectivity index (χ1n) is 11.2. The van der Waals surface area contributed by atoms with E-state index in [2.05, 4.69) is 10.6 Å². The van der Waals surface area contributed by atoms with E-state index in [0.717, 1.165) is 6.42 Å². The Kier molecular flexibility index (Phi) is 8.43. The van der Waals surface area contributed by atoms with E-state index in [1.165, 1.54) is 0 Å². The quantitative estimate of drug-likeness (QED) is 0.641. The summed E-state index contributed by atoms with van der Waals surface area (Å²) in [5.74, 6) is -0.272. The van der Waals surface area contributed by atoms with E-state index in [0.29, 0.717) is 48.9 Å². The summed E-state index contributed by atoms with van der Waals surface area (Å²) in [6, 6.07) is 12.8. The summed E-state index contributed by atoms with van der Waals surface area (Å²) in [5, 5.41) is 5.71. The fourth-order valence-corrected chi connectivity index (χ4v) is 3.61. The third-order valence-electron chi connectivity index (χ3n) is 5.86. The molecular weight excluding hydrogens is 422 g/mol. The maximum absolute atomic E-state index is 13.2. The van der Waals surface area contributed by atoms with Gasteiger partial charge in [0.25, 0.3) is 11.8 Å². The van der Waals surface area contributed by atoms with E-state index < -0.39 is 11.9 Å². The van der Waals surface area contributed by atoms with Gasteiger partial charge in [0.05, 0.1) is 31.6 Å². The monoisotopic (exact) mass is 453 g/mol. The van der Waals surface area contributed by atoms with Crippen molar-refractivity contribution in [3.63, 3.8) is 0 Å². The van der Waals surface area contributed by atoms with Crippen molar-refractivity contribution in [2.45, 2.75) is 26.3 Å². The minimum absolute atomic E-state index is 0.0506. The van der Waals surface area contributed by atoms with Crippen LogP contribution in [0.5, 0.6) is 5.75 Å². The molecule has 0 spiro atoms. The minimum Gasteiger partial charge on any atom is -0.497 e. The van der Waals surface area contributed by atoms with Crippen LogP contribution in [0.2, 0.25) is 0 Å². The molecule has 0 aromatic heterocycles. The molecule has 2 aromatic carbocycles. The molecule has 1 aliphatic rings. The number of nitrogens with zero attached hydrogens (tertiary/aromatic N) is 1. The van der Waals surface area contributed by atoms with Crippen LogP contribution in [0.15, 0.2) is 48.5 Å². The van der Waals surface area contributed by atoms with Gasteiger partial charge in [-0.1, -0.05) is 32.4 Å². The van der Waals surface area contributed by atoms with Gasteiger partial charge in [0.15, 0.2) is 0 Å². The number of anilines is 1. The molecule has 0 aliphatic carbocycles. The van der Waals surface area contributed by atoms with Crippen LogP contribution < -0.4 is 15.4 Å². The number of carbonyl (C=O) groups excluding carboxylic acids is 3. The fourth-order valence-electron chi connectivity index (χ4n) is 3.61. The Morgan fingerprint density at radius 2 is 1.70 bits per heavy atom. The Bertz CT molecular complexity index is 970. The maximum atomic E-state index is 13.2. The van der Waals surface area contributed by atoms with Gasteiger partial charge in [0.2, 0.25) is 5.91 Å². The lowest BCUT2D eigenvalue weighted by Crippen LogP contribution is -2.54. The second-order valence-electron chi connectivity index (χ2n) is 8.00. The van der Waals surface area contributed by atoms with Gasteiger partial charge in [-0.15, -0.1) is 0 Å². The lowest BCUT2D eigenvalue weighted by atomic mass is 9.97. The molecule has 0 radical (unpaired) electrons. The molecule has 8 nitrogen and oxygen atoms in total. The van der Waals surface area contributed by atoms with Gasteiger partial charge in [-0.3, -0.25) is 14.4 Å². The SMILES string of the molecule is CC[C@@H](C)[C@@H](NC(=O)c1ccccc1NC(=O)c1ccc(OC)cc1)C(=O)N1CCOCC1. The molecule has 176 valence electrons. The topological polar surface area (TPSA) is 97.0 Å². The Hall–Kier alpha value is -3.39. The van der Waals surface area contributed by atoms with Crippen LogP contribution in [0.3, 0.4) is 0 Å². The van der Waals surface area contributed by atoms with Gasteiger partial charge in [-0.05, 0) is 42.3 Å². The number of benzene rings is 2. The first kappa shape index (κ1) is 24.3. The molecule has 33 heavy (non-hydrogen) atoms. The molecule has 2 N–H and O–H groups in total. The number of nitrogens with one attached hydrogen (secondary N) is 2. The highest BCUT2D eigenvalue weighted by atomic mass is 16.5. The van der Waals surface area contributed by atoms with Crippen LogP contribution in [0, 0.1) is 5.92 Å². The van der Waals surface area contributed by atoms with Crippen LogP contribution in [-0.4, -0.2) is 62.1 Å². The lowest BCUT2D eigenvalue weighted by molar-refractivity contribution is -0.138. The summed E-state index contributed by atoms with van der Waals surface area (Å²) < 4.78 is 10.5. The Morgan fingerprint density at radius 3 is 2.33 bits per heavy atom. The summed E-state index contributed by atoms with van der Waals surface area (Å²) in [6.45, 7) is 5.94. The zero-order valence-corrected chi connectivity index (χ0v) is 19.3. The third kappa shape index (κ3) is 6.10. The van der Waals surface area contributed by atoms with Gasteiger partial charge < -0.3 is 25.0 Å². The second kappa shape index (κ2) is 11.5. The molecule has 2 atom stereocenters. The zero-order valence-electron chi connectivity index (χ0n) is 19.3. The van der Waals surface area contributed by atoms with Crippen molar-refractivity contribution < 1.29 is 23.9 Å². The van der Waals surface area contributed by atoms with Gasteiger partial charge >= 0.3 is 0 Å². The van der Waals surface area contributed by atoms with Crippen molar-refractivity contribution in [3.8, 4) is 5.75 Å². The molecule has 1 heterocycles. The first-order valence-corrected chi connectivity index (χ1v) is 11.2. The van der Waals surface area contributed by atoms with Crippen molar-refractivity contribution in [3.05, 3.63) is 59.7 Å². The molecule has 0 bridgehead atoms. The maximum Gasteiger partial charge on any atom is 0.255 e. The number of hydrogen-bond donors (Lipinski definition) is 2. The Morgan fingerprint density at radius 1 is 1.03 bits per heavy atom. The number of ether oxygens (including phenoxy) is 2. The van der Waals surface area contributed by atoms with E-state index >= 15 is 0 Å². The van der Waals surface area contributed by atoms with Crippen molar-refractivity contribution in [1.82, 2.24) is 10.2 Å². The van der Waals surface area contributed by atoms with E-state index in [-0.39, 0.29) is 17.7 Å². The smallest absolute Gasteiger partial charge is 0.255 e. The molecule has 3 rings (SSSR count). The number of para-hydroxylation sites is 1. The van der Waals surface area contributed by atoms with Gasteiger partial charge in [-0.25, -0.2) is 0 Å². The third-order valence-corrected chi connectivity index (χ3v) is 5.86. The van der Waals surface area contributed by atoms with Crippen molar-refractivity contribution in [2.75, 3.05) is 38.7 Å². The average molecular weight is 454 g/mol. The highest BCUT2D eigenvalue weighted by Gasteiger charge is 2.31. The van der Waals surface area contributed by atoms with E-state index in [1.807, 2.05) is 13.8 Å². The van der Waals surface area contributed by atoms with Gasteiger partial charge in [0, 0.05) is 18.7 Å². The molecule has 1 aliphatic heterocycles. The highest BCUT2D eigenvalue weighted by Crippen LogP contribution is 2.19. The molecule has 0 saturated carbocycles. The summed E-state index contributed by atoms with van der Waals surface area (Å²) in [5.41, 5.74) is 1.10. The lowest BCUT2D eigenvalue weighted by Gasteiger charge is -2.33. The summed E-state index contributed by atoms with van der Waals surface area (Å²) in [4.78, 5) is 40.8. The van der Waals surface area contributed by atoms with Crippen LogP contribution in [0.1, 0.15) is 41.0 Å². The minimum atomic E-state index is -0.661. The van der Waals surface area contributed by atoms with Gasteiger partial charge in [-0.2, -0.15) is 0 Å². The largest absolute Gasteiger partial charge is 0.497 e. The van der Waals surface area contributed by atoms with Crippen LogP contribution in [-0.2, 0) is 9.53 Å². The van der Waals surface area contributed by atoms with Crippen LogP contribution in [0.4, 0.5) is 5.69 Å². The Balaban J connectivity index is 1.76. The van der Waals surface area contributed by atoms with E-state index in [1.54, 1.807) is 60.5 Å². The molecule has 0 unspecified atom stereocenters. The number of rotatable bonds is 8. The van der Waals surface area contributed by atoms with Crippen molar-refractivity contribution in [2.24, 2.45) is 5.92 Å². The first-order chi connectivity index (χ1) is 15.9. The predicted octanol–water partition coefficient (Wildman–Crippen LogP) is 2.95. The van der Waals surface area contributed by atoms with Crippen LogP contribution in [0.25, 0.3) is 0 Å². The molecular formula is C25H31N3O5. The summed E-state index contributed by atoms with van der Waals surface area (Å²) in [7, 11) is 1.56. The summed E-state index contributed by atoms with van der Waals surface area (Å²) >= 11 is 0. The highest BCUT2D eigenvalue weighted by molar-refractivity contribution is 6.09.